The van der Waals surface area contributed by atoms with Crippen LogP contribution in [0.15, 0.2) is 30.3 Å². The monoisotopic (exact) mass is 695 g/mol. The highest BCUT2D eigenvalue weighted by molar-refractivity contribution is 5.94. The Morgan fingerprint density at radius 2 is 1.51 bits per heavy atom. The lowest BCUT2D eigenvalue weighted by Crippen LogP contribution is -2.34. The number of allylic oxidation sites excluding steroid dienone is 2. The van der Waals surface area contributed by atoms with Crippen molar-refractivity contribution in [3.8, 4) is 0 Å². The number of carbonyl (C=O) groups excluding carboxylic acids is 1. The quantitative estimate of drug-likeness (QED) is 0.123. The fourth-order valence-corrected chi connectivity index (χ4v) is 7.62. The molecule has 3 aromatic rings. The van der Waals surface area contributed by atoms with Crippen LogP contribution in [0.2, 0.25) is 0 Å². The highest BCUT2D eigenvalue weighted by Crippen LogP contribution is 2.48. The third-order valence-electron chi connectivity index (χ3n) is 10.8. The van der Waals surface area contributed by atoms with Crippen molar-refractivity contribution in [1.29, 1.82) is 0 Å². The molecule has 2 atom stereocenters. The van der Waals surface area contributed by atoms with E-state index in [1.807, 2.05) is 32.9 Å². The van der Waals surface area contributed by atoms with Crippen molar-refractivity contribution in [2.24, 2.45) is 0 Å². The Kier molecular flexibility index (Phi) is 11.5. The van der Waals surface area contributed by atoms with Crippen LogP contribution in [0.5, 0.6) is 0 Å². The van der Waals surface area contributed by atoms with Gasteiger partial charge in [0, 0.05) is 78.1 Å². The van der Waals surface area contributed by atoms with Crippen molar-refractivity contribution >= 4 is 51.1 Å². The Bertz CT molecular complexity index is 2020. The first-order valence-electron chi connectivity index (χ1n) is 18.3. The van der Waals surface area contributed by atoms with Gasteiger partial charge in [-0.3, -0.25) is 19.4 Å². The zero-order valence-corrected chi connectivity index (χ0v) is 31.2. The molecule has 10 heteroatoms. The number of hydrogen-bond acceptors (Lipinski definition) is 5. The van der Waals surface area contributed by atoms with Gasteiger partial charge in [-0.05, 0) is 98.2 Å². The number of fused-ring (bicyclic) bond motifs is 8. The molecule has 2 aliphatic rings. The maximum absolute atomic E-state index is 13.5. The van der Waals surface area contributed by atoms with Gasteiger partial charge in [0.2, 0.25) is 5.91 Å². The van der Waals surface area contributed by atoms with Crippen LogP contribution in [0.4, 0.5) is 0 Å². The van der Waals surface area contributed by atoms with E-state index in [1.165, 1.54) is 19.3 Å². The van der Waals surface area contributed by atoms with Gasteiger partial charge in [-0.2, -0.15) is 0 Å². The van der Waals surface area contributed by atoms with Crippen LogP contribution in [0.25, 0.3) is 33.2 Å². The molecule has 0 saturated heterocycles. The van der Waals surface area contributed by atoms with Gasteiger partial charge in [0.1, 0.15) is 0 Å². The molecule has 10 nitrogen and oxygen atoms in total. The minimum Gasteiger partial charge on any atom is -0.481 e. The van der Waals surface area contributed by atoms with E-state index in [9.17, 15) is 24.6 Å². The summed E-state index contributed by atoms with van der Waals surface area (Å²) in [4.78, 5) is 56.1. The van der Waals surface area contributed by atoms with Crippen LogP contribution >= 0.6 is 0 Å². The Morgan fingerprint density at radius 1 is 0.824 bits per heavy atom. The van der Waals surface area contributed by atoms with Gasteiger partial charge in [0.15, 0.2) is 0 Å². The summed E-state index contributed by atoms with van der Waals surface area (Å²) in [5.74, 6) is -1.73. The van der Waals surface area contributed by atoms with Crippen LogP contribution in [-0.2, 0) is 26.2 Å². The third-order valence-corrected chi connectivity index (χ3v) is 10.8. The predicted octanol–water partition coefficient (Wildman–Crippen LogP) is 8.62. The fourth-order valence-electron chi connectivity index (χ4n) is 7.62. The number of unbranched alkanes of at least 4 members (excludes halogenated alkanes) is 4. The van der Waals surface area contributed by atoms with Crippen molar-refractivity contribution in [1.82, 2.24) is 24.8 Å². The molecule has 0 aliphatic carbocycles. The molecule has 5 heterocycles. The van der Waals surface area contributed by atoms with E-state index >= 15 is 0 Å². The second kappa shape index (κ2) is 15.7. The van der Waals surface area contributed by atoms with Gasteiger partial charge >= 0.3 is 11.9 Å². The molecule has 1 amide bonds. The molecule has 4 N–H and O–H groups in total. The largest absolute Gasteiger partial charge is 0.481 e. The minimum absolute atomic E-state index is 0.0196. The van der Waals surface area contributed by atoms with Crippen LogP contribution in [0.1, 0.15) is 130 Å². The minimum atomic E-state index is -0.883. The zero-order chi connectivity index (χ0) is 37.0. The maximum atomic E-state index is 13.5. The molecule has 0 spiro atoms. The lowest BCUT2D eigenvalue weighted by atomic mass is 9.70. The molecule has 3 aromatic heterocycles. The first kappa shape index (κ1) is 37.5. The molecular weight excluding hydrogens is 642 g/mol. The van der Waals surface area contributed by atoms with Gasteiger partial charge in [-0.15, -0.1) is 0 Å². The molecule has 2 aliphatic heterocycles. The molecular formula is C41H53N5O5. The first-order valence-corrected chi connectivity index (χ1v) is 18.3. The van der Waals surface area contributed by atoms with E-state index < -0.39 is 17.4 Å². The number of carboxylic acids is 2. The van der Waals surface area contributed by atoms with Crippen molar-refractivity contribution in [3.05, 3.63) is 69.8 Å². The first-order chi connectivity index (χ1) is 24.2. The average Bonchev–Trinajstić information content (AvgIpc) is 3.72. The third kappa shape index (κ3) is 8.26. The lowest BCUT2D eigenvalue weighted by molar-refractivity contribution is -0.137. The Hall–Kier alpha value is -4.73. The number of carboxylic acid groups (broad SMARTS) is 2. The Morgan fingerprint density at radius 3 is 2.20 bits per heavy atom. The Labute approximate surface area is 300 Å². The maximum Gasteiger partial charge on any atom is 0.303 e. The number of hydrogen-bond donors (Lipinski definition) is 4. The summed E-state index contributed by atoms with van der Waals surface area (Å²) < 4.78 is 0. The average molecular weight is 696 g/mol. The summed E-state index contributed by atoms with van der Waals surface area (Å²) in [5, 5.41) is 19.2. The number of aliphatic carboxylic acids is 2. The van der Waals surface area contributed by atoms with Gasteiger partial charge < -0.3 is 25.1 Å². The molecule has 0 unspecified atom stereocenters. The van der Waals surface area contributed by atoms with Crippen LogP contribution in [-0.4, -0.2) is 67.0 Å². The number of nitrogens with zero attached hydrogens (tertiary/aromatic N) is 3. The number of nitrogens with one attached hydrogen (secondary N) is 2. The zero-order valence-electron chi connectivity index (χ0n) is 31.2. The second-order valence-corrected chi connectivity index (χ2v) is 14.8. The predicted molar refractivity (Wildman–Crippen MR) is 203 cm³/mol. The standard InChI is InChI=1S/C41H53N5O5/c1-8-9-10-11-12-13-30-36-21-33-26(4)29(15-17-40(50)51)35(44-33)22-34-28(14-16-39(48)49)25(3)32(43-34)20-31-24(2)18-27(42-31)19-37(45-36)41(30,5)23-38(47)46(6)7/h18-22,30,42,44H,8-17,23H2,1-7H3,(H,48,49)(H,50,51)/t30-,41+/m1/s1. The number of amides is 1. The van der Waals surface area contributed by atoms with E-state index in [2.05, 4.69) is 42.0 Å². The molecule has 272 valence electrons. The molecule has 0 radical (unpaired) electrons. The highest BCUT2D eigenvalue weighted by atomic mass is 16.4. The molecule has 5 rings (SSSR count). The van der Waals surface area contributed by atoms with E-state index in [4.69, 9.17) is 9.97 Å². The van der Waals surface area contributed by atoms with Crippen LogP contribution < -0.4 is 0 Å². The number of rotatable bonds is 14. The van der Waals surface area contributed by atoms with Crippen LogP contribution in [0.3, 0.4) is 0 Å². The molecule has 0 fully saturated rings. The van der Waals surface area contributed by atoms with Crippen LogP contribution in [0, 0.1) is 13.8 Å². The van der Waals surface area contributed by atoms with E-state index in [-0.39, 0.29) is 24.7 Å². The summed E-state index contributed by atoms with van der Waals surface area (Å²) in [7, 11) is 3.60. The van der Waals surface area contributed by atoms with E-state index in [1.54, 1.807) is 19.0 Å². The van der Waals surface area contributed by atoms with E-state index in [0.29, 0.717) is 25.0 Å². The van der Waals surface area contributed by atoms with E-state index in [0.717, 1.165) is 86.2 Å². The number of H-pyrrole nitrogens is 2. The normalized spacial score (nSPS) is 17.2. The summed E-state index contributed by atoms with van der Waals surface area (Å²) in [6.45, 7) is 10.4. The van der Waals surface area contributed by atoms with Crippen molar-refractivity contribution in [2.75, 3.05) is 14.1 Å². The van der Waals surface area contributed by atoms with Gasteiger partial charge in [-0.1, -0.05) is 46.0 Å². The summed E-state index contributed by atoms with van der Waals surface area (Å²) in [6.07, 6.45) is 7.43. The van der Waals surface area contributed by atoms with Gasteiger partial charge in [0.25, 0.3) is 0 Å². The number of aromatic amines is 2. The molecule has 8 bridgehead atoms. The van der Waals surface area contributed by atoms with Gasteiger partial charge in [-0.25, -0.2) is 4.98 Å². The second-order valence-electron chi connectivity index (χ2n) is 14.8. The summed E-state index contributed by atoms with van der Waals surface area (Å²) >= 11 is 0. The smallest absolute Gasteiger partial charge is 0.303 e. The highest BCUT2D eigenvalue weighted by Gasteiger charge is 2.44. The van der Waals surface area contributed by atoms with Crippen molar-refractivity contribution < 1.29 is 24.6 Å². The summed E-state index contributed by atoms with van der Waals surface area (Å²) in [5.41, 5.74) is 10.6. The van der Waals surface area contributed by atoms with Crippen molar-refractivity contribution in [2.45, 2.75) is 117 Å². The number of aromatic nitrogens is 4. The summed E-state index contributed by atoms with van der Waals surface area (Å²) in [6, 6.07) is 10.2. The topological polar surface area (TPSA) is 152 Å². The molecule has 0 aromatic carbocycles. The lowest BCUT2D eigenvalue weighted by Gasteiger charge is -2.32. The Balaban J connectivity index is 1.84. The van der Waals surface area contributed by atoms with Gasteiger partial charge in [0.05, 0.1) is 11.4 Å². The SMILES string of the molecule is CCCCCCC[C@@H]1c2cc3[nH]c(cc4nc(cc5[nH]c(cc(n2)[C@@]1(C)CC(=O)N(C)C)cc5C)C(C)=C4CCC(=O)O)c(CCC(=O)O)c3C. The fraction of sp³-hybridized carbons (Fsp3) is 0.488. The number of aryl methyl sites for hydroxylation is 3. The van der Waals surface area contributed by atoms with Crippen molar-refractivity contribution in [3.63, 3.8) is 0 Å². The number of carbonyl (C=O) groups is 3. The molecule has 51 heavy (non-hydrogen) atoms. The molecule has 0 saturated carbocycles.